The summed E-state index contributed by atoms with van der Waals surface area (Å²) in [6.45, 7) is 3.82. The van der Waals surface area contributed by atoms with Crippen LogP contribution in [0.5, 0.6) is 5.75 Å². The van der Waals surface area contributed by atoms with Crippen LogP contribution in [0.2, 0.25) is 0 Å². The summed E-state index contributed by atoms with van der Waals surface area (Å²) in [5.74, 6) is 1.71. The van der Waals surface area contributed by atoms with Crippen LogP contribution in [0, 0.1) is 0 Å². The summed E-state index contributed by atoms with van der Waals surface area (Å²) < 4.78 is 15.6. The molecule has 9 heteroatoms. The van der Waals surface area contributed by atoms with Crippen molar-refractivity contribution >= 4 is 22.7 Å². The van der Waals surface area contributed by atoms with E-state index in [0.717, 1.165) is 32.0 Å². The third kappa shape index (κ3) is 4.02. The van der Waals surface area contributed by atoms with Gasteiger partial charge in [-0.3, -0.25) is 14.5 Å². The number of benzene rings is 1. The normalized spacial score (nSPS) is 14.8. The number of esters is 1. The van der Waals surface area contributed by atoms with Crippen LogP contribution in [0.25, 0.3) is 22.2 Å². The van der Waals surface area contributed by atoms with Gasteiger partial charge in [0.2, 0.25) is 0 Å². The minimum absolute atomic E-state index is 0.0738. The third-order valence-corrected chi connectivity index (χ3v) is 5.41. The average molecular weight is 412 g/mol. The molecule has 3 heterocycles. The molecule has 0 amide bonds. The van der Waals surface area contributed by atoms with Crippen molar-refractivity contribution in [3.05, 3.63) is 41.0 Å². The van der Waals surface area contributed by atoms with Crippen molar-refractivity contribution in [2.45, 2.75) is 6.42 Å². The van der Waals surface area contributed by atoms with Crippen molar-refractivity contribution < 1.29 is 18.7 Å². The number of fused-ring (bicyclic) bond motifs is 1. The van der Waals surface area contributed by atoms with Gasteiger partial charge in [-0.2, -0.15) is 0 Å². The van der Waals surface area contributed by atoms with Gasteiger partial charge in [0.1, 0.15) is 11.6 Å². The number of oxazole rings is 1. The van der Waals surface area contributed by atoms with Crippen LogP contribution in [-0.4, -0.2) is 67.8 Å². The molecule has 9 nitrogen and oxygen atoms in total. The molecule has 0 aliphatic carbocycles. The quantitative estimate of drug-likeness (QED) is 0.613. The fraction of sp³-hybridized carbons (Fsp3) is 0.381. The molecule has 1 aromatic carbocycles. The first kappa shape index (κ1) is 20.0. The van der Waals surface area contributed by atoms with Gasteiger partial charge in [0.15, 0.2) is 17.6 Å². The second-order valence-corrected chi connectivity index (χ2v) is 7.14. The predicted molar refractivity (Wildman–Crippen MR) is 112 cm³/mol. The number of anilines is 1. The molecule has 0 unspecified atom stereocenters. The molecular weight excluding hydrogens is 388 g/mol. The first-order valence-corrected chi connectivity index (χ1v) is 9.77. The van der Waals surface area contributed by atoms with Crippen molar-refractivity contribution in [1.82, 2.24) is 14.9 Å². The van der Waals surface area contributed by atoms with E-state index in [9.17, 15) is 9.59 Å². The zero-order chi connectivity index (χ0) is 21.1. The van der Waals surface area contributed by atoms with E-state index in [0.29, 0.717) is 40.9 Å². The highest BCUT2D eigenvalue weighted by Gasteiger charge is 2.20. The number of hydrogen-bond donors (Lipinski definition) is 1. The fourth-order valence-corrected chi connectivity index (χ4v) is 3.71. The lowest BCUT2D eigenvalue weighted by Crippen LogP contribution is -2.47. The molecule has 2 aromatic heterocycles. The number of aromatic nitrogens is 2. The molecule has 0 bridgehead atoms. The largest absolute Gasteiger partial charge is 0.496 e. The van der Waals surface area contributed by atoms with Gasteiger partial charge in [-0.1, -0.05) is 0 Å². The number of ether oxygens (including phenoxy) is 2. The Kier molecular flexibility index (Phi) is 5.71. The Morgan fingerprint density at radius 3 is 2.67 bits per heavy atom. The number of nitrogens with one attached hydrogen (secondary N) is 1. The van der Waals surface area contributed by atoms with E-state index in [-0.39, 0.29) is 11.4 Å². The Balaban J connectivity index is 1.56. The molecule has 1 aliphatic rings. The smallest absolute Gasteiger partial charge is 0.306 e. The Morgan fingerprint density at radius 1 is 1.20 bits per heavy atom. The van der Waals surface area contributed by atoms with E-state index in [2.05, 4.69) is 19.8 Å². The van der Waals surface area contributed by atoms with Crippen molar-refractivity contribution in [3.63, 3.8) is 0 Å². The maximum absolute atomic E-state index is 12.8. The summed E-state index contributed by atoms with van der Waals surface area (Å²) in [6, 6.07) is 5.20. The molecule has 0 atom stereocenters. The van der Waals surface area contributed by atoms with Crippen LogP contribution in [0.1, 0.15) is 6.42 Å². The summed E-state index contributed by atoms with van der Waals surface area (Å²) in [6.07, 6.45) is 3.32. The Bertz CT molecular complexity index is 1080. The Labute approximate surface area is 173 Å². The molecule has 1 aliphatic heterocycles. The average Bonchev–Trinajstić information content (AvgIpc) is 3.31. The molecule has 3 aromatic rings. The Morgan fingerprint density at radius 2 is 2.00 bits per heavy atom. The number of aromatic amines is 1. The fourth-order valence-electron chi connectivity index (χ4n) is 3.71. The number of carbonyl (C=O) groups excluding carboxylic acids is 1. The predicted octanol–water partition coefficient (Wildman–Crippen LogP) is 1.88. The van der Waals surface area contributed by atoms with E-state index in [1.807, 2.05) is 6.07 Å². The number of methoxy groups -OCH3 is 2. The van der Waals surface area contributed by atoms with Gasteiger partial charge in [-0.05, 0) is 6.07 Å². The van der Waals surface area contributed by atoms with E-state index < -0.39 is 0 Å². The highest BCUT2D eigenvalue weighted by Crippen LogP contribution is 2.33. The molecule has 30 heavy (non-hydrogen) atoms. The van der Waals surface area contributed by atoms with E-state index in [4.69, 9.17) is 13.9 Å². The van der Waals surface area contributed by atoms with Crippen molar-refractivity contribution in [2.24, 2.45) is 0 Å². The second-order valence-electron chi connectivity index (χ2n) is 7.14. The molecule has 0 radical (unpaired) electrons. The number of rotatable bonds is 6. The summed E-state index contributed by atoms with van der Waals surface area (Å²) in [7, 11) is 2.98. The standard InChI is InChI=1S/C21H24N4O5/c1-28-18-10-16-14(9-15(18)19-12-22-13-30-19)17(26)11-20(23-16)25-7-5-24(6-8-25)4-3-21(27)29-2/h9-13H,3-8H2,1-2H3,(H,23,26). The van der Waals surface area contributed by atoms with Crippen molar-refractivity contribution in [3.8, 4) is 17.1 Å². The molecule has 0 spiro atoms. The molecule has 1 fully saturated rings. The van der Waals surface area contributed by atoms with Crippen LogP contribution in [0.15, 0.2) is 40.0 Å². The SMILES string of the molecule is COC(=O)CCN1CCN(c2cc(=O)c3cc(-c4cnco4)c(OC)cc3[nH]2)CC1. The topological polar surface area (TPSA) is 101 Å². The molecule has 1 N–H and O–H groups in total. The lowest BCUT2D eigenvalue weighted by Gasteiger charge is -2.35. The molecule has 0 saturated carbocycles. The van der Waals surface area contributed by atoms with Crippen LogP contribution in [0.3, 0.4) is 0 Å². The monoisotopic (exact) mass is 412 g/mol. The van der Waals surface area contributed by atoms with Gasteiger partial charge in [0.05, 0.1) is 37.9 Å². The molecule has 158 valence electrons. The number of carbonyl (C=O) groups is 1. The van der Waals surface area contributed by atoms with E-state index >= 15 is 0 Å². The Hall–Kier alpha value is -3.33. The van der Waals surface area contributed by atoms with Crippen molar-refractivity contribution in [2.75, 3.05) is 51.8 Å². The van der Waals surface area contributed by atoms with Crippen LogP contribution >= 0.6 is 0 Å². The van der Waals surface area contributed by atoms with Gasteiger partial charge in [0, 0.05) is 50.2 Å². The van der Waals surface area contributed by atoms with Crippen LogP contribution in [0.4, 0.5) is 5.82 Å². The minimum Gasteiger partial charge on any atom is -0.496 e. The van der Waals surface area contributed by atoms with Gasteiger partial charge in [-0.25, -0.2) is 4.98 Å². The lowest BCUT2D eigenvalue weighted by atomic mass is 10.1. The third-order valence-electron chi connectivity index (χ3n) is 5.41. The second kappa shape index (κ2) is 8.58. The highest BCUT2D eigenvalue weighted by atomic mass is 16.5. The first-order valence-electron chi connectivity index (χ1n) is 9.77. The first-order chi connectivity index (χ1) is 14.6. The summed E-state index contributed by atoms with van der Waals surface area (Å²) in [5, 5.41) is 0.558. The number of pyridine rings is 1. The summed E-state index contributed by atoms with van der Waals surface area (Å²) in [5.41, 5.74) is 1.31. The number of piperazine rings is 1. The maximum atomic E-state index is 12.8. The zero-order valence-electron chi connectivity index (χ0n) is 17.0. The van der Waals surface area contributed by atoms with Gasteiger partial charge in [-0.15, -0.1) is 0 Å². The van der Waals surface area contributed by atoms with E-state index in [1.54, 1.807) is 25.4 Å². The minimum atomic E-state index is -0.199. The van der Waals surface area contributed by atoms with Gasteiger partial charge < -0.3 is 23.8 Å². The van der Waals surface area contributed by atoms with Crippen LogP contribution in [-0.2, 0) is 9.53 Å². The molecular formula is C21H24N4O5. The van der Waals surface area contributed by atoms with Crippen molar-refractivity contribution in [1.29, 1.82) is 0 Å². The summed E-state index contributed by atoms with van der Waals surface area (Å²) >= 11 is 0. The summed E-state index contributed by atoms with van der Waals surface area (Å²) in [4.78, 5) is 35.9. The number of H-pyrrole nitrogens is 1. The molecule has 4 rings (SSSR count). The highest BCUT2D eigenvalue weighted by molar-refractivity contribution is 5.88. The molecule has 1 saturated heterocycles. The van der Waals surface area contributed by atoms with Gasteiger partial charge >= 0.3 is 5.97 Å². The van der Waals surface area contributed by atoms with Crippen LogP contribution < -0.4 is 15.1 Å². The lowest BCUT2D eigenvalue weighted by molar-refractivity contribution is -0.141. The maximum Gasteiger partial charge on any atom is 0.306 e. The zero-order valence-corrected chi connectivity index (χ0v) is 17.0. The number of hydrogen-bond acceptors (Lipinski definition) is 8. The van der Waals surface area contributed by atoms with Gasteiger partial charge in [0.25, 0.3) is 0 Å². The number of nitrogens with zero attached hydrogens (tertiary/aromatic N) is 3. The van der Waals surface area contributed by atoms with E-state index in [1.165, 1.54) is 13.5 Å².